The van der Waals surface area contributed by atoms with Gasteiger partial charge in [-0.05, 0) is 44.0 Å². The third-order valence-corrected chi connectivity index (χ3v) is 2.66. The van der Waals surface area contributed by atoms with Crippen LogP contribution < -0.4 is 4.74 Å². The minimum absolute atomic E-state index is 0.478. The molecular formula is C13H15NO2. The van der Waals surface area contributed by atoms with E-state index in [2.05, 4.69) is 6.07 Å². The van der Waals surface area contributed by atoms with Gasteiger partial charge in [-0.3, -0.25) is 4.79 Å². The van der Waals surface area contributed by atoms with E-state index in [-0.39, 0.29) is 0 Å². The Balaban J connectivity index is 3.45. The van der Waals surface area contributed by atoms with Gasteiger partial charge in [0.05, 0.1) is 24.2 Å². The predicted octanol–water partition coefficient (Wildman–Crippen LogP) is 2.62. The number of nitrogens with zero attached hydrogens (tertiary/aromatic N) is 1. The summed E-state index contributed by atoms with van der Waals surface area (Å²) >= 11 is 0. The van der Waals surface area contributed by atoms with Gasteiger partial charge in [0.1, 0.15) is 5.75 Å². The van der Waals surface area contributed by atoms with Crippen LogP contribution in [-0.4, -0.2) is 13.4 Å². The van der Waals surface area contributed by atoms with Crippen LogP contribution in [0.2, 0.25) is 0 Å². The van der Waals surface area contributed by atoms with Crippen molar-refractivity contribution in [1.82, 2.24) is 0 Å². The molecule has 0 atom stereocenters. The van der Waals surface area contributed by atoms with Gasteiger partial charge in [0.2, 0.25) is 0 Å². The van der Waals surface area contributed by atoms with Crippen molar-refractivity contribution in [3.63, 3.8) is 0 Å². The van der Waals surface area contributed by atoms with Crippen LogP contribution in [0.4, 0.5) is 0 Å². The highest BCUT2D eigenvalue weighted by atomic mass is 16.5. The molecule has 0 aromatic heterocycles. The van der Waals surface area contributed by atoms with Gasteiger partial charge in [-0.2, -0.15) is 5.26 Å². The standard InChI is InChI=1S/C13H15NO2/c1-9-5-12(16-4)10(7-15)6-11(9)13(2,3)8-14/h5-7H,1-4H3. The highest BCUT2D eigenvalue weighted by Gasteiger charge is 2.23. The molecule has 0 bridgehead atoms. The van der Waals surface area contributed by atoms with E-state index in [4.69, 9.17) is 10.00 Å². The molecule has 0 fully saturated rings. The molecule has 0 saturated carbocycles. The molecule has 3 nitrogen and oxygen atoms in total. The lowest BCUT2D eigenvalue weighted by molar-refractivity contribution is 0.112. The monoisotopic (exact) mass is 217 g/mol. The number of hydrogen-bond donors (Lipinski definition) is 0. The van der Waals surface area contributed by atoms with E-state index >= 15 is 0 Å². The fraction of sp³-hybridized carbons (Fsp3) is 0.385. The second-order valence-corrected chi connectivity index (χ2v) is 4.26. The van der Waals surface area contributed by atoms with Gasteiger partial charge >= 0.3 is 0 Å². The molecule has 0 unspecified atom stereocenters. The summed E-state index contributed by atoms with van der Waals surface area (Å²) in [5, 5.41) is 9.09. The fourth-order valence-electron chi connectivity index (χ4n) is 1.70. The normalized spacial score (nSPS) is 10.7. The van der Waals surface area contributed by atoms with Gasteiger partial charge in [0, 0.05) is 0 Å². The SMILES string of the molecule is COc1cc(C)c(C(C)(C)C#N)cc1C=O. The van der Waals surface area contributed by atoms with Crippen molar-refractivity contribution in [1.29, 1.82) is 5.26 Å². The molecule has 0 spiro atoms. The van der Waals surface area contributed by atoms with E-state index in [1.807, 2.05) is 20.8 Å². The van der Waals surface area contributed by atoms with Crippen molar-refractivity contribution in [3.05, 3.63) is 28.8 Å². The van der Waals surface area contributed by atoms with Gasteiger partial charge in [0.25, 0.3) is 0 Å². The maximum atomic E-state index is 10.9. The molecule has 0 aliphatic carbocycles. The van der Waals surface area contributed by atoms with Crippen molar-refractivity contribution < 1.29 is 9.53 Å². The molecule has 0 N–H and O–H groups in total. The van der Waals surface area contributed by atoms with Gasteiger partial charge in [-0.1, -0.05) is 0 Å². The number of methoxy groups -OCH3 is 1. The Morgan fingerprint density at radius 2 is 2.06 bits per heavy atom. The molecule has 0 aliphatic heterocycles. The summed E-state index contributed by atoms with van der Waals surface area (Å²) in [6.07, 6.45) is 0.745. The van der Waals surface area contributed by atoms with Crippen LogP contribution in [0.1, 0.15) is 35.3 Å². The molecule has 3 heteroatoms. The first-order chi connectivity index (χ1) is 7.46. The van der Waals surface area contributed by atoms with Gasteiger partial charge in [0.15, 0.2) is 6.29 Å². The third-order valence-electron chi connectivity index (χ3n) is 2.66. The Bertz CT molecular complexity index is 456. The number of aldehydes is 1. The van der Waals surface area contributed by atoms with Gasteiger partial charge < -0.3 is 4.74 Å². The van der Waals surface area contributed by atoms with Gasteiger partial charge in [-0.15, -0.1) is 0 Å². The zero-order chi connectivity index (χ0) is 12.3. The Labute approximate surface area is 95.7 Å². The topological polar surface area (TPSA) is 50.1 Å². The first kappa shape index (κ1) is 12.3. The minimum atomic E-state index is -0.603. The summed E-state index contributed by atoms with van der Waals surface area (Å²) in [4.78, 5) is 10.9. The minimum Gasteiger partial charge on any atom is -0.496 e. The second kappa shape index (κ2) is 4.36. The smallest absolute Gasteiger partial charge is 0.153 e. The van der Waals surface area contributed by atoms with Gasteiger partial charge in [-0.25, -0.2) is 0 Å². The van der Waals surface area contributed by atoms with E-state index in [1.54, 1.807) is 12.1 Å². The number of ether oxygens (including phenoxy) is 1. The molecule has 1 aromatic rings. The van der Waals surface area contributed by atoms with Crippen molar-refractivity contribution >= 4 is 6.29 Å². The summed E-state index contributed by atoms with van der Waals surface area (Å²) in [6.45, 7) is 5.57. The Morgan fingerprint density at radius 1 is 1.44 bits per heavy atom. The van der Waals surface area contributed by atoms with E-state index in [0.717, 1.165) is 17.4 Å². The Hall–Kier alpha value is -1.82. The molecule has 0 saturated heterocycles. The van der Waals surface area contributed by atoms with Crippen LogP contribution in [-0.2, 0) is 5.41 Å². The van der Waals surface area contributed by atoms with Crippen LogP contribution in [0.15, 0.2) is 12.1 Å². The summed E-state index contributed by atoms with van der Waals surface area (Å²) in [6, 6.07) is 5.75. The molecular weight excluding hydrogens is 202 g/mol. The molecule has 1 aromatic carbocycles. The number of carbonyl (C=O) groups excluding carboxylic acids is 1. The average molecular weight is 217 g/mol. The fourth-order valence-corrected chi connectivity index (χ4v) is 1.70. The van der Waals surface area contributed by atoms with Crippen LogP contribution in [0.3, 0.4) is 0 Å². The van der Waals surface area contributed by atoms with Crippen molar-refractivity contribution in [2.75, 3.05) is 7.11 Å². The predicted molar refractivity (Wildman–Crippen MR) is 61.8 cm³/mol. The highest BCUT2D eigenvalue weighted by Crippen LogP contribution is 2.30. The lowest BCUT2D eigenvalue weighted by Crippen LogP contribution is -2.16. The maximum Gasteiger partial charge on any atom is 0.153 e. The summed E-state index contributed by atoms with van der Waals surface area (Å²) in [7, 11) is 1.52. The molecule has 0 aliphatic rings. The van der Waals surface area contributed by atoms with E-state index in [1.165, 1.54) is 7.11 Å². The molecule has 84 valence electrons. The Morgan fingerprint density at radius 3 is 2.50 bits per heavy atom. The molecule has 0 amide bonds. The second-order valence-electron chi connectivity index (χ2n) is 4.26. The van der Waals surface area contributed by atoms with Crippen molar-refractivity contribution in [2.45, 2.75) is 26.2 Å². The summed E-state index contributed by atoms with van der Waals surface area (Å²) < 4.78 is 5.10. The summed E-state index contributed by atoms with van der Waals surface area (Å²) in [5.41, 5.74) is 1.69. The molecule has 0 heterocycles. The zero-order valence-electron chi connectivity index (χ0n) is 10.00. The van der Waals surface area contributed by atoms with E-state index < -0.39 is 5.41 Å². The maximum absolute atomic E-state index is 10.9. The number of carbonyl (C=O) groups is 1. The highest BCUT2D eigenvalue weighted by molar-refractivity contribution is 5.80. The number of benzene rings is 1. The lowest BCUT2D eigenvalue weighted by Gasteiger charge is -2.20. The summed E-state index contributed by atoms with van der Waals surface area (Å²) in [5.74, 6) is 0.546. The molecule has 1 rings (SSSR count). The first-order valence-corrected chi connectivity index (χ1v) is 5.02. The molecule has 0 radical (unpaired) electrons. The van der Waals surface area contributed by atoms with Crippen LogP contribution in [0.25, 0.3) is 0 Å². The largest absolute Gasteiger partial charge is 0.496 e. The van der Waals surface area contributed by atoms with Crippen molar-refractivity contribution in [2.24, 2.45) is 0 Å². The van der Waals surface area contributed by atoms with Crippen molar-refractivity contribution in [3.8, 4) is 11.8 Å². The molecule has 16 heavy (non-hydrogen) atoms. The number of hydrogen-bond acceptors (Lipinski definition) is 3. The first-order valence-electron chi connectivity index (χ1n) is 5.02. The van der Waals surface area contributed by atoms with Crippen LogP contribution in [0.5, 0.6) is 5.75 Å². The quantitative estimate of drug-likeness (QED) is 0.731. The average Bonchev–Trinajstić information content (AvgIpc) is 2.28. The van der Waals surface area contributed by atoms with Crippen LogP contribution in [0, 0.1) is 18.3 Å². The van der Waals surface area contributed by atoms with Crippen LogP contribution >= 0.6 is 0 Å². The van der Waals surface area contributed by atoms with E-state index in [0.29, 0.717) is 11.3 Å². The zero-order valence-corrected chi connectivity index (χ0v) is 10.00. The number of aryl methyl sites for hydroxylation is 1. The lowest BCUT2D eigenvalue weighted by atomic mass is 9.82. The number of nitriles is 1. The number of rotatable bonds is 3. The Kier molecular flexibility index (Phi) is 3.34. The van der Waals surface area contributed by atoms with E-state index in [9.17, 15) is 4.79 Å². The third kappa shape index (κ3) is 2.06.